The van der Waals surface area contributed by atoms with Gasteiger partial charge in [-0.05, 0) is 25.7 Å². The summed E-state index contributed by atoms with van der Waals surface area (Å²) < 4.78 is 0. The zero-order chi connectivity index (χ0) is 14.7. The van der Waals surface area contributed by atoms with E-state index in [4.69, 9.17) is 5.73 Å². The van der Waals surface area contributed by atoms with Crippen LogP contribution in [0.25, 0.3) is 0 Å². The second-order valence-corrected chi connectivity index (χ2v) is 6.49. The van der Waals surface area contributed by atoms with Gasteiger partial charge in [-0.15, -0.1) is 0 Å². The van der Waals surface area contributed by atoms with E-state index in [1.54, 1.807) is 0 Å². The van der Waals surface area contributed by atoms with Crippen molar-refractivity contribution >= 4 is 28.2 Å². The van der Waals surface area contributed by atoms with Crippen molar-refractivity contribution in [2.24, 2.45) is 5.92 Å². The molecule has 1 atom stereocenters. The van der Waals surface area contributed by atoms with Gasteiger partial charge in [0.1, 0.15) is 10.7 Å². The molecule has 1 unspecified atom stereocenters. The van der Waals surface area contributed by atoms with Crippen LogP contribution in [0.3, 0.4) is 0 Å². The maximum absolute atomic E-state index is 12.3. The summed E-state index contributed by atoms with van der Waals surface area (Å²) in [7, 11) is 0. The van der Waals surface area contributed by atoms with Crippen molar-refractivity contribution in [1.82, 2.24) is 10.3 Å². The van der Waals surface area contributed by atoms with Crippen molar-refractivity contribution in [1.29, 1.82) is 0 Å². The molecule has 1 heterocycles. The second kappa shape index (κ2) is 6.43. The minimum atomic E-state index is -0.108. The van der Waals surface area contributed by atoms with Gasteiger partial charge in [-0.25, -0.2) is 4.98 Å². The molecule has 1 aliphatic rings. The number of nitrogens with two attached hydrogens (primary N) is 1. The average Bonchev–Trinajstić information content (AvgIpc) is 3.13. The van der Waals surface area contributed by atoms with Gasteiger partial charge < -0.3 is 16.4 Å². The first-order chi connectivity index (χ1) is 9.55. The predicted octanol–water partition coefficient (Wildman–Crippen LogP) is 2.85. The molecule has 1 aromatic heterocycles. The second-order valence-electron chi connectivity index (χ2n) is 5.49. The van der Waals surface area contributed by atoms with Crippen molar-refractivity contribution in [3.63, 3.8) is 0 Å². The molecule has 0 aliphatic heterocycles. The molecule has 4 N–H and O–H groups in total. The first-order valence-corrected chi connectivity index (χ1v) is 8.20. The molecule has 1 aromatic rings. The van der Waals surface area contributed by atoms with Crippen LogP contribution in [0.15, 0.2) is 0 Å². The van der Waals surface area contributed by atoms with Crippen LogP contribution in [-0.2, 0) is 0 Å². The SMILES string of the molecule is CCC(CC)C(C)NC(=O)c1sc(NC2CC2)nc1N. The molecule has 2 rings (SSSR count). The van der Waals surface area contributed by atoms with E-state index < -0.39 is 0 Å². The highest BCUT2D eigenvalue weighted by Gasteiger charge is 2.25. The molecule has 112 valence electrons. The van der Waals surface area contributed by atoms with Gasteiger partial charge in [0.2, 0.25) is 0 Å². The summed E-state index contributed by atoms with van der Waals surface area (Å²) in [6, 6.07) is 0.666. The molecular weight excluding hydrogens is 272 g/mol. The lowest BCUT2D eigenvalue weighted by molar-refractivity contribution is 0.0930. The van der Waals surface area contributed by atoms with E-state index in [-0.39, 0.29) is 11.9 Å². The minimum Gasteiger partial charge on any atom is -0.382 e. The third kappa shape index (κ3) is 3.62. The third-order valence-corrected chi connectivity index (χ3v) is 4.88. The monoisotopic (exact) mass is 296 g/mol. The number of amides is 1. The number of thiazole rings is 1. The molecule has 20 heavy (non-hydrogen) atoms. The predicted molar refractivity (Wildman–Crippen MR) is 84.2 cm³/mol. The van der Waals surface area contributed by atoms with Gasteiger partial charge in [0.05, 0.1) is 0 Å². The Hall–Kier alpha value is -1.30. The summed E-state index contributed by atoms with van der Waals surface area (Å²) in [6.07, 6.45) is 4.47. The molecule has 0 aromatic carbocycles. The molecule has 5 nitrogen and oxygen atoms in total. The van der Waals surface area contributed by atoms with Gasteiger partial charge in [-0.2, -0.15) is 0 Å². The standard InChI is InChI=1S/C14H24N4OS/c1-4-9(5-2)8(3)16-13(19)11-12(15)18-14(20-11)17-10-6-7-10/h8-10H,4-7,15H2,1-3H3,(H,16,19)(H,17,18). The Morgan fingerprint density at radius 1 is 1.45 bits per heavy atom. The summed E-state index contributed by atoms with van der Waals surface area (Å²) in [5, 5.41) is 7.08. The Labute approximate surface area is 124 Å². The number of anilines is 2. The average molecular weight is 296 g/mol. The van der Waals surface area contributed by atoms with Crippen LogP contribution in [0.4, 0.5) is 10.9 Å². The lowest BCUT2D eigenvalue weighted by Gasteiger charge is -2.22. The van der Waals surface area contributed by atoms with E-state index in [2.05, 4.69) is 36.4 Å². The molecule has 0 radical (unpaired) electrons. The van der Waals surface area contributed by atoms with Gasteiger partial charge in [0.15, 0.2) is 5.13 Å². The van der Waals surface area contributed by atoms with Crippen LogP contribution in [0.1, 0.15) is 56.1 Å². The molecule has 1 fully saturated rings. The Bertz CT molecular complexity index is 466. The van der Waals surface area contributed by atoms with Crippen molar-refractivity contribution in [3.8, 4) is 0 Å². The highest BCUT2D eigenvalue weighted by atomic mass is 32.1. The highest BCUT2D eigenvalue weighted by Crippen LogP contribution is 2.30. The molecule has 0 saturated heterocycles. The van der Waals surface area contributed by atoms with Gasteiger partial charge in [-0.1, -0.05) is 38.0 Å². The van der Waals surface area contributed by atoms with E-state index in [1.807, 2.05) is 0 Å². The Morgan fingerprint density at radius 2 is 2.10 bits per heavy atom. The molecule has 1 aliphatic carbocycles. The van der Waals surface area contributed by atoms with Crippen molar-refractivity contribution < 1.29 is 4.79 Å². The zero-order valence-corrected chi connectivity index (χ0v) is 13.2. The molecule has 0 spiro atoms. The Kier molecular flexibility index (Phi) is 4.86. The molecule has 1 saturated carbocycles. The van der Waals surface area contributed by atoms with Crippen LogP contribution in [0.2, 0.25) is 0 Å². The molecule has 1 amide bonds. The van der Waals surface area contributed by atoms with Gasteiger partial charge in [-0.3, -0.25) is 4.79 Å². The molecule has 6 heteroatoms. The summed E-state index contributed by atoms with van der Waals surface area (Å²) in [4.78, 5) is 17.0. The number of nitrogens with zero attached hydrogens (tertiary/aromatic N) is 1. The normalized spacial score (nSPS) is 16.2. The summed E-state index contributed by atoms with van der Waals surface area (Å²) >= 11 is 1.35. The maximum Gasteiger partial charge on any atom is 0.265 e. The van der Waals surface area contributed by atoms with Crippen LogP contribution < -0.4 is 16.4 Å². The van der Waals surface area contributed by atoms with Crippen molar-refractivity contribution in [3.05, 3.63) is 4.88 Å². The number of hydrogen-bond acceptors (Lipinski definition) is 5. The summed E-state index contributed by atoms with van der Waals surface area (Å²) in [6.45, 7) is 6.35. The number of nitrogens with one attached hydrogen (secondary N) is 2. The fourth-order valence-corrected chi connectivity index (χ4v) is 3.21. The van der Waals surface area contributed by atoms with Crippen LogP contribution >= 0.6 is 11.3 Å². The lowest BCUT2D eigenvalue weighted by Crippen LogP contribution is -2.37. The van der Waals surface area contributed by atoms with E-state index in [0.717, 1.165) is 18.0 Å². The zero-order valence-electron chi connectivity index (χ0n) is 12.4. The van der Waals surface area contributed by atoms with Crippen LogP contribution in [-0.4, -0.2) is 23.0 Å². The van der Waals surface area contributed by atoms with Crippen molar-refractivity contribution in [2.75, 3.05) is 11.1 Å². The fraction of sp³-hybridized carbons (Fsp3) is 0.714. The smallest absolute Gasteiger partial charge is 0.265 e. The largest absolute Gasteiger partial charge is 0.382 e. The van der Waals surface area contributed by atoms with E-state index in [0.29, 0.717) is 22.7 Å². The maximum atomic E-state index is 12.3. The number of hydrogen-bond donors (Lipinski definition) is 3. The number of rotatable bonds is 7. The lowest BCUT2D eigenvalue weighted by atomic mass is 9.95. The topological polar surface area (TPSA) is 80.0 Å². The molecule has 0 bridgehead atoms. The first kappa shape index (κ1) is 15.1. The number of carbonyl (C=O) groups excluding carboxylic acids is 1. The highest BCUT2D eigenvalue weighted by molar-refractivity contribution is 7.18. The number of nitrogen functional groups attached to an aromatic ring is 1. The van der Waals surface area contributed by atoms with Crippen LogP contribution in [0.5, 0.6) is 0 Å². The van der Waals surface area contributed by atoms with E-state index in [1.165, 1.54) is 24.2 Å². The number of aromatic nitrogens is 1. The van der Waals surface area contributed by atoms with Gasteiger partial charge >= 0.3 is 0 Å². The van der Waals surface area contributed by atoms with Crippen LogP contribution in [0, 0.1) is 5.92 Å². The number of carbonyl (C=O) groups is 1. The summed E-state index contributed by atoms with van der Waals surface area (Å²) in [5.41, 5.74) is 5.85. The van der Waals surface area contributed by atoms with Crippen molar-refractivity contribution in [2.45, 2.75) is 58.5 Å². The fourth-order valence-electron chi connectivity index (χ4n) is 2.34. The quantitative estimate of drug-likeness (QED) is 0.723. The summed E-state index contributed by atoms with van der Waals surface area (Å²) in [5.74, 6) is 0.716. The first-order valence-electron chi connectivity index (χ1n) is 7.38. The van der Waals surface area contributed by atoms with Gasteiger partial charge in [0, 0.05) is 12.1 Å². The Balaban J connectivity index is 1.99. The third-order valence-electron chi connectivity index (χ3n) is 3.88. The Morgan fingerprint density at radius 3 is 2.65 bits per heavy atom. The van der Waals surface area contributed by atoms with E-state index in [9.17, 15) is 4.79 Å². The minimum absolute atomic E-state index is 0.108. The van der Waals surface area contributed by atoms with Gasteiger partial charge in [0.25, 0.3) is 5.91 Å². The molecular formula is C14H24N4OS. The van der Waals surface area contributed by atoms with E-state index >= 15 is 0 Å².